The quantitative estimate of drug-likeness (QED) is 0.0518. The predicted octanol–water partition coefficient (Wildman–Crippen LogP) is 5.11. The number of aromatic nitrogens is 1. The first kappa shape index (κ1) is 33.1. The van der Waals surface area contributed by atoms with E-state index < -0.39 is 12.2 Å². The minimum absolute atomic E-state index is 0.0274. The molecule has 3 atom stereocenters. The van der Waals surface area contributed by atoms with Crippen LogP contribution in [0, 0.1) is 5.21 Å². The monoisotopic (exact) mass is 643 g/mol. The Morgan fingerprint density at radius 2 is 1.63 bits per heavy atom. The topological polar surface area (TPSA) is 144 Å². The van der Waals surface area contributed by atoms with Gasteiger partial charge in [0.1, 0.15) is 0 Å². The molecule has 2 heterocycles. The van der Waals surface area contributed by atoms with E-state index in [1.54, 1.807) is 17.6 Å². The summed E-state index contributed by atoms with van der Waals surface area (Å²) < 4.78 is 13.8. The largest absolute Gasteiger partial charge is 0.618 e. The molecule has 1 aliphatic heterocycles. The molecule has 1 aromatic heterocycles. The number of carbonyl (C=O) groups is 2. The van der Waals surface area contributed by atoms with Crippen molar-refractivity contribution in [3.63, 3.8) is 0 Å². The maximum atomic E-state index is 12.2. The van der Waals surface area contributed by atoms with Crippen LogP contribution in [-0.2, 0) is 32.2 Å². The SMILES string of the molecule is O=C(CCCC(=O)NCc1cccc(-c2ccc([C@@H]3O[C@H](CSc4cccc[n+]4[O-])C[C@H](c4ccc(CO)cc4)O3)cc2)c1)NO. The zero-order valence-corrected chi connectivity index (χ0v) is 26.0. The lowest BCUT2D eigenvalue weighted by atomic mass is 9.99. The second-order valence-corrected chi connectivity index (χ2v) is 12.1. The normalized spacial score (nSPS) is 17.7. The van der Waals surface area contributed by atoms with Gasteiger partial charge >= 0.3 is 0 Å². The summed E-state index contributed by atoms with van der Waals surface area (Å²) in [5.74, 6) is -0.0960. The number of pyridine rings is 1. The van der Waals surface area contributed by atoms with Gasteiger partial charge in [0.2, 0.25) is 11.8 Å². The van der Waals surface area contributed by atoms with Gasteiger partial charge in [-0.05, 0) is 46.4 Å². The predicted molar refractivity (Wildman–Crippen MR) is 172 cm³/mol. The Balaban J connectivity index is 1.25. The molecule has 1 fully saturated rings. The average molecular weight is 644 g/mol. The number of thioether (sulfide) groups is 1. The molecule has 0 unspecified atom stereocenters. The molecule has 1 saturated heterocycles. The summed E-state index contributed by atoms with van der Waals surface area (Å²) in [6, 6.07) is 29.0. The number of benzene rings is 3. The van der Waals surface area contributed by atoms with Crippen molar-refractivity contribution in [3.8, 4) is 11.1 Å². The van der Waals surface area contributed by atoms with Crippen molar-refractivity contribution in [3.05, 3.63) is 125 Å². The van der Waals surface area contributed by atoms with Crippen LogP contribution in [0.25, 0.3) is 11.1 Å². The molecule has 1 aliphatic rings. The number of rotatable bonds is 13. The van der Waals surface area contributed by atoms with Gasteiger partial charge in [0, 0.05) is 49.3 Å². The first-order valence-electron chi connectivity index (χ1n) is 15.1. The van der Waals surface area contributed by atoms with Gasteiger partial charge in [-0.2, -0.15) is 4.73 Å². The number of aliphatic hydroxyl groups is 1. The summed E-state index contributed by atoms with van der Waals surface area (Å²) in [6.07, 6.45) is 1.71. The Bertz CT molecular complexity index is 1600. The molecular weight excluding hydrogens is 606 g/mol. The molecule has 3 aromatic carbocycles. The molecule has 4 N–H and O–H groups in total. The molecule has 46 heavy (non-hydrogen) atoms. The summed E-state index contributed by atoms with van der Waals surface area (Å²) in [6.45, 7) is 0.330. The van der Waals surface area contributed by atoms with Crippen LogP contribution >= 0.6 is 11.8 Å². The van der Waals surface area contributed by atoms with Crippen LogP contribution in [0.4, 0.5) is 0 Å². The lowest BCUT2D eigenvalue weighted by molar-refractivity contribution is -0.645. The smallest absolute Gasteiger partial charge is 0.251 e. The van der Waals surface area contributed by atoms with E-state index in [0.717, 1.165) is 38.1 Å². The third kappa shape index (κ3) is 9.15. The lowest BCUT2D eigenvalue weighted by Crippen LogP contribution is -2.32. The second-order valence-electron chi connectivity index (χ2n) is 11.0. The van der Waals surface area contributed by atoms with Crippen molar-refractivity contribution in [2.75, 3.05) is 5.75 Å². The highest BCUT2D eigenvalue weighted by molar-refractivity contribution is 7.99. The summed E-state index contributed by atoms with van der Waals surface area (Å²) >= 11 is 1.45. The number of aliphatic hydroxyl groups excluding tert-OH is 1. The summed E-state index contributed by atoms with van der Waals surface area (Å²) in [7, 11) is 0. The Hall–Kier alpha value is -4.26. The molecule has 4 aromatic rings. The fourth-order valence-corrected chi connectivity index (χ4v) is 6.11. The fraction of sp³-hybridized carbons (Fsp3) is 0.286. The van der Waals surface area contributed by atoms with E-state index in [0.29, 0.717) is 30.2 Å². The minimum Gasteiger partial charge on any atom is -0.618 e. The van der Waals surface area contributed by atoms with Gasteiger partial charge in [0.25, 0.3) is 5.03 Å². The number of nitrogens with zero attached hydrogens (tertiary/aromatic N) is 1. The van der Waals surface area contributed by atoms with E-state index in [2.05, 4.69) is 5.32 Å². The van der Waals surface area contributed by atoms with Crippen molar-refractivity contribution in [2.45, 2.75) is 62.4 Å². The molecule has 2 amide bonds. The molecule has 0 spiro atoms. The fourth-order valence-electron chi connectivity index (χ4n) is 5.17. The Morgan fingerprint density at radius 3 is 2.37 bits per heavy atom. The average Bonchev–Trinajstić information content (AvgIpc) is 3.10. The summed E-state index contributed by atoms with van der Waals surface area (Å²) in [4.78, 5) is 23.3. The van der Waals surface area contributed by atoms with Gasteiger partial charge in [0.15, 0.2) is 12.5 Å². The van der Waals surface area contributed by atoms with Crippen molar-refractivity contribution >= 4 is 23.6 Å². The highest BCUT2D eigenvalue weighted by atomic mass is 32.2. The van der Waals surface area contributed by atoms with Crippen LogP contribution < -0.4 is 15.5 Å². The van der Waals surface area contributed by atoms with Crippen LogP contribution in [0.2, 0.25) is 0 Å². The number of hydrogen-bond acceptors (Lipinski definition) is 8. The zero-order chi connectivity index (χ0) is 32.3. The molecule has 0 saturated carbocycles. The van der Waals surface area contributed by atoms with Crippen LogP contribution in [0.15, 0.2) is 102 Å². The van der Waals surface area contributed by atoms with E-state index in [-0.39, 0.29) is 37.6 Å². The highest BCUT2D eigenvalue weighted by Gasteiger charge is 2.32. The summed E-state index contributed by atoms with van der Waals surface area (Å²) in [5, 5.41) is 33.7. The molecule has 0 radical (unpaired) electrons. The van der Waals surface area contributed by atoms with E-state index >= 15 is 0 Å². The van der Waals surface area contributed by atoms with Gasteiger partial charge in [-0.25, -0.2) is 5.48 Å². The summed E-state index contributed by atoms with van der Waals surface area (Å²) in [5.41, 5.74) is 7.19. The molecule has 240 valence electrons. The van der Waals surface area contributed by atoms with Crippen molar-refractivity contribution in [2.24, 2.45) is 0 Å². The molecule has 0 aliphatic carbocycles. The minimum atomic E-state index is -0.615. The van der Waals surface area contributed by atoms with Crippen LogP contribution in [0.1, 0.15) is 60.3 Å². The number of ether oxygens (including phenoxy) is 2. The highest BCUT2D eigenvalue weighted by Crippen LogP contribution is 2.39. The van der Waals surface area contributed by atoms with Crippen LogP contribution in [-0.4, -0.2) is 34.0 Å². The maximum absolute atomic E-state index is 12.2. The molecule has 11 heteroatoms. The second kappa shape index (κ2) is 16.3. The van der Waals surface area contributed by atoms with Gasteiger partial charge < -0.3 is 25.1 Å². The number of carbonyl (C=O) groups excluding carboxylic acids is 2. The van der Waals surface area contributed by atoms with Crippen LogP contribution in [0.3, 0.4) is 0 Å². The van der Waals surface area contributed by atoms with E-state index in [1.165, 1.54) is 18.0 Å². The molecule has 0 bridgehead atoms. The lowest BCUT2D eigenvalue weighted by Gasteiger charge is -2.36. The zero-order valence-electron chi connectivity index (χ0n) is 25.2. The number of amides is 2. The van der Waals surface area contributed by atoms with Crippen molar-refractivity contribution in [1.82, 2.24) is 10.8 Å². The van der Waals surface area contributed by atoms with Crippen LogP contribution in [0.5, 0.6) is 0 Å². The standard InChI is InChI=1S/C35H37N3O7S/c39-22-24-10-12-27(13-11-24)31-20-30(23-46-34-9-1-2-18-38(34)43)44-35(45-31)28-16-14-26(15-17-28)29-6-3-5-25(19-29)21-36-32(40)7-4-8-33(41)37-42/h1-3,5-6,9-19,30-31,35,39,42H,4,7-8,20-23H2,(H,36,40)(H,37,41)/t30-,31+,35+/m0/s1. The van der Waals surface area contributed by atoms with Gasteiger partial charge in [0.05, 0.1) is 18.8 Å². The van der Waals surface area contributed by atoms with E-state index in [9.17, 15) is 19.9 Å². The Labute approximate surface area is 271 Å². The molecular formula is C35H37N3O7S. The third-order valence-corrected chi connectivity index (χ3v) is 8.84. The van der Waals surface area contributed by atoms with Gasteiger partial charge in [-0.15, -0.1) is 0 Å². The Morgan fingerprint density at radius 1 is 0.870 bits per heavy atom. The Kier molecular flexibility index (Phi) is 11.8. The third-order valence-electron chi connectivity index (χ3n) is 7.69. The number of hydroxylamine groups is 1. The number of hydrogen-bond donors (Lipinski definition) is 4. The van der Waals surface area contributed by atoms with Crippen molar-refractivity contribution < 1.29 is 34.1 Å². The van der Waals surface area contributed by atoms with E-state index in [1.807, 2.05) is 78.9 Å². The first-order chi connectivity index (χ1) is 22.4. The maximum Gasteiger partial charge on any atom is 0.251 e. The van der Waals surface area contributed by atoms with Gasteiger partial charge in [-0.1, -0.05) is 78.5 Å². The van der Waals surface area contributed by atoms with Gasteiger partial charge in [-0.3, -0.25) is 14.8 Å². The molecule has 5 rings (SSSR count). The van der Waals surface area contributed by atoms with E-state index in [4.69, 9.17) is 14.7 Å². The van der Waals surface area contributed by atoms with Crippen molar-refractivity contribution in [1.29, 1.82) is 0 Å². The molecule has 10 nitrogen and oxygen atoms in total. The number of nitrogens with one attached hydrogen (secondary N) is 2. The first-order valence-corrected chi connectivity index (χ1v) is 16.1.